The van der Waals surface area contributed by atoms with Gasteiger partial charge in [-0.25, -0.2) is 13.2 Å². The highest BCUT2D eigenvalue weighted by Gasteiger charge is 2.08. The third kappa shape index (κ3) is 4.65. The molecule has 5 heteroatoms. The summed E-state index contributed by atoms with van der Waals surface area (Å²) in [6.07, 6.45) is 3.78. The van der Waals surface area contributed by atoms with Gasteiger partial charge in [-0.1, -0.05) is 23.9 Å². The van der Waals surface area contributed by atoms with Crippen molar-refractivity contribution >= 4 is 23.0 Å². The van der Waals surface area contributed by atoms with Gasteiger partial charge in [-0.15, -0.1) is 0 Å². The van der Waals surface area contributed by atoms with Crippen molar-refractivity contribution in [3.8, 4) is 0 Å². The van der Waals surface area contributed by atoms with Gasteiger partial charge in [0.15, 0.2) is 22.6 Å². The molecule has 0 atom stereocenters. The van der Waals surface area contributed by atoms with Crippen LogP contribution in [-0.2, 0) is 4.79 Å². The maximum atomic E-state index is 12.8. The molecule has 0 amide bonds. The molecule has 1 aromatic carbocycles. The van der Waals surface area contributed by atoms with E-state index in [1.54, 1.807) is 6.08 Å². The third-order valence-corrected chi connectivity index (χ3v) is 2.75. The second-order valence-electron chi connectivity index (χ2n) is 3.33. The largest absolute Gasteiger partial charge is 0.288 e. The van der Waals surface area contributed by atoms with Gasteiger partial charge in [-0.2, -0.15) is 0 Å². The Balaban J connectivity index is 2.57. The number of carbonyl (C=O) groups is 1. The molecule has 0 spiro atoms. The van der Waals surface area contributed by atoms with Crippen molar-refractivity contribution in [2.75, 3.05) is 5.75 Å². The number of allylic oxidation sites excluding steroid dienone is 1. The molecule has 1 rings (SSSR count). The molecule has 92 valence electrons. The quantitative estimate of drug-likeness (QED) is 0.605. The molecule has 0 unspecified atom stereocenters. The van der Waals surface area contributed by atoms with Crippen LogP contribution in [0.3, 0.4) is 0 Å². The summed E-state index contributed by atoms with van der Waals surface area (Å²) in [5.74, 6) is -3.27. The van der Waals surface area contributed by atoms with Crippen LogP contribution < -0.4 is 0 Å². The molecule has 0 aliphatic rings. The topological polar surface area (TPSA) is 17.1 Å². The zero-order valence-corrected chi connectivity index (χ0v) is 9.99. The predicted molar refractivity (Wildman–Crippen MR) is 63.1 cm³/mol. The van der Waals surface area contributed by atoms with Crippen LogP contribution in [0.4, 0.5) is 13.2 Å². The molecule has 0 bridgehead atoms. The Labute approximate surface area is 102 Å². The van der Waals surface area contributed by atoms with E-state index >= 15 is 0 Å². The average molecular weight is 260 g/mol. The van der Waals surface area contributed by atoms with Crippen molar-refractivity contribution in [3.63, 3.8) is 0 Å². The van der Waals surface area contributed by atoms with Gasteiger partial charge in [0.2, 0.25) is 0 Å². The van der Waals surface area contributed by atoms with Gasteiger partial charge in [-0.3, -0.25) is 4.79 Å². The van der Waals surface area contributed by atoms with Crippen LogP contribution in [0.5, 0.6) is 0 Å². The number of hydrogen-bond acceptors (Lipinski definition) is 2. The molecule has 17 heavy (non-hydrogen) atoms. The zero-order chi connectivity index (χ0) is 12.8. The number of rotatable bonds is 4. The Morgan fingerprint density at radius 2 is 1.88 bits per heavy atom. The fourth-order valence-corrected chi connectivity index (χ4v) is 1.70. The summed E-state index contributed by atoms with van der Waals surface area (Å²) >= 11 is 1.18. The highest BCUT2D eigenvalue weighted by atomic mass is 32.2. The SMILES string of the molecule is CC(=O)SCCC=Cc1cc(F)c(F)c(F)c1. The second-order valence-corrected chi connectivity index (χ2v) is 4.60. The Morgan fingerprint density at radius 1 is 1.29 bits per heavy atom. The van der Waals surface area contributed by atoms with Gasteiger partial charge in [0.25, 0.3) is 0 Å². The minimum absolute atomic E-state index is 0.0253. The van der Waals surface area contributed by atoms with E-state index < -0.39 is 17.5 Å². The van der Waals surface area contributed by atoms with Gasteiger partial charge in [0.1, 0.15) is 0 Å². The Morgan fingerprint density at radius 3 is 2.41 bits per heavy atom. The monoisotopic (exact) mass is 260 g/mol. The standard InChI is InChI=1S/C12H11F3OS/c1-8(16)17-5-3-2-4-9-6-10(13)12(15)11(14)7-9/h2,4,6-7H,3,5H2,1H3. The number of carbonyl (C=O) groups excluding carboxylic acids is 1. The van der Waals surface area contributed by atoms with Crippen LogP contribution >= 0.6 is 11.8 Å². The molecule has 0 aromatic heterocycles. The zero-order valence-electron chi connectivity index (χ0n) is 9.17. The van der Waals surface area contributed by atoms with Crippen LogP contribution in [0.1, 0.15) is 18.9 Å². The number of thioether (sulfide) groups is 1. The summed E-state index contributed by atoms with van der Waals surface area (Å²) < 4.78 is 38.3. The highest BCUT2D eigenvalue weighted by molar-refractivity contribution is 8.13. The van der Waals surface area contributed by atoms with Crippen LogP contribution in [0, 0.1) is 17.5 Å². The summed E-state index contributed by atoms with van der Waals surface area (Å²) in [6, 6.07) is 1.85. The molecule has 0 heterocycles. The summed E-state index contributed by atoms with van der Waals surface area (Å²) in [6.45, 7) is 1.47. The molecule has 0 N–H and O–H groups in total. The molecule has 0 saturated heterocycles. The van der Waals surface area contributed by atoms with Crippen molar-refractivity contribution in [1.82, 2.24) is 0 Å². The van der Waals surface area contributed by atoms with E-state index in [1.165, 1.54) is 24.8 Å². The molecule has 0 saturated carbocycles. The lowest BCUT2D eigenvalue weighted by Gasteiger charge is -1.98. The first-order chi connectivity index (χ1) is 8.00. The summed E-state index contributed by atoms with van der Waals surface area (Å²) in [7, 11) is 0. The summed E-state index contributed by atoms with van der Waals surface area (Å²) in [4.78, 5) is 10.6. The molecule has 1 nitrogen and oxygen atoms in total. The number of hydrogen-bond donors (Lipinski definition) is 0. The van der Waals surface area contributed by atoms with Gasteiger partial charge in [0, 0.05) is 12.7 Å². The number of halogens is 3. The van der Waals surface area contributed by atoms with Crippen molar-refractivity contribution < 1.29 is 18.0 Å². The molecular formula is C12H11F3OS. The molecule has 0 aliphatic heterocycles. The lowest BCUT2D eigenvalue weighted by molar-refractivity contribution is -0.109. The maximum absolute atomic E-state index is 12.8. The van der Waals surface area contributed by atoms with Gasteiger partial charge >= 0.3 is 0 Å². The number of benzene rings is 1. The van der Waals surface area contributed by atoms with Gasteiger partial charge < -0.3 is 0 Å². The predicted octanol–water partition coefficient (Wildman–Crippen LogP) is 3.79. The lowest BCUT2D eigenvalue weighted by atomic mass is 10.2. The minimum atomic E-state index is -1.46. The highest BCUT2D eigenvalue weighted by Crippen LogP contribution is 2.15. The normalized spacial score (nSPS) is 11.1. The van der Waals surface area contributed by atoms with Crippen molar-refractivity contribution in [2.45, 2.75) is 13.3 Å². The van der Waals surface area contributed by atoms with Crippen molar-refractivity contribution in [2.24, 2.45) is 0 Å². The second kappa shape index (κ2) is 6.49. The Hall–Kier alpha value is -1.23. The molecular weight excluding hydrogens is 249 g/mol. The van der Waals surface area contributed by atoms with Crippen LogP contribution in [-0.4, -0.2) is 10.9 Å². The van der Waals surface area contributed by atoms with Crippen LogP contribution in [0.2, 0.25) is 0 Å². The Bertz CT molecular complexity index is 420. The smallest absolute Gasteiger partial charge is 0.194 e. The fourth-order valence-electron chi connectivity index (χ4n) is 1.16. The van der Waals surface area contributed by atoms with E-state index in [1.807, 2.05) is 0 Å². The lowest BCUT2D eigenvalue weighted by Crippen LogP contribution is -1.91. The maximum Gasteiger partial charge on any atom is 0.194 e. The van der Waals surface area contributed by atoms with E-state index in [0.717, 1.165) is 12.1 Å². The molecule has 0 fully saturated rings. The summed E-state index contributed by atoms with van der Waals surface area (Å²) in [5, 5.41) is 0.0253. The van der Waals surface area contributed by atoms with Crippen LogP contribution in [0.15, 0.2) is 18.2 Å². The van der Waals surface area contributed by atoms with E-state index in [-0.39, 0.29) is 10.7 Å². The fraction of sp³-hybridized carbons (Fsp3) is 0.250. The van der Waals surface area contributed by atoms with Gasteiger partial charge in [0.05, 0.1) is 0 Å². The average Bonchev–Trinajstić information content (AvgIpc) is 2.25. The van der Waals surface area contributed by atoms with E-state index in [9.17, 15) is 18.0 Å². The van der Waals surface area contributed by atoms with Gasteiger partial charge in [-0.05, 0) is 24.1 Å². The molecule has 1 aromatic rings. The summed E-state index contributed by atoms with van der Waals surface area (Å²) in [5.41, 5.74) is 0.259. The van der Waals surface area contributed by atoms with Crippen molar-refractivity contribution in [3.05, 3.63) is 41.2 Å². The first kappa shape index (κ1) is 13.8. The Kier molecular flexibility index (Phi) is 5.28. The minimum Gasteiger partial charge on any atom is -0.288 e. The van der Waals surface area contributed by atoms with Crippen molar-refractivity contribution in [1.29, 1.82) is 0 Å². The van der Waals surface area contributed by atoms with Crippen LogP contribution in [0.25, 0.3) is 6.08 Å². The van der Waals surface area contributed by atoms with E-state index in [0.29, 0.717) is 12.2 Å². The molecule has 0 aliphatic carbocycles. The first-order valence-electron chi connectivity index (χ1n) is 4.95. The molecule has 0 radical (unpaired) electrons. The first-order valence-corrected chi connectivity index (χ1v) is 5.93. The van der Waals surface area contributed by atoms with E-state index in [2.05, 4.69) is 0 Å². The van der Waals surface area contributed by atoms with E-state index in [4.69, 9.17) is 0 Å². The third-order valence-electron chi connectivity index (χ3n) is 1.91.